The predicted octanol–water partition coefficient (Wildman–Crippen LogP) is 0.518. The number of ether oxygens (including phenoxy) is 1. The van der Waals surface area contributed by atoms with E-state index in [2.05, 4.69) is 10.2 Å². The molecule has 4 heteroatoms. The molecule has 0 aromatic heterocycles. The third kappa shape index (κ3) is 2.09. The summed E-state index contributed by atoms with van der Waals surface area (Å²) in [5.41, 5.74) is 0. The van der Waals surface area contributed by atoms with E-state index in [0.29, 0.717) is 24.7 Å². The molecule has 90 valence electrons. The number of rotatable bonds is 3. The van der Waals surface area contributed by atoms with Gasteiger partial charge in [0.2, 0.25) is 5.91 Å². The van der Waals surface area contributed by atoms with Gasteiger partial charge in [-0.3, -0.25) is 4.79 Å². The van der Waals surface area contributed by atoms with E-state index in [1.807, 2.05) is 0 Å². The normalized spacial score (nSPS) is 33.9. The molecule has 2 aliphatic carbocycles. The van der Waals surface area contributed by atoms with Gasteiger partial charge in [0.15, 0.2) is 0 Å². The highest BCUT2D eigenvalue weighted by Gasteiger charge is 2.38. The third-order valence-electron chi connectivity index (χ3n) is 3.92. The highest BCUT2D eigenvalue weighted by molar-refractivity contribution is 5.79. The summed E-state index contributed by atoms with van der Waals surface area (Å²) < 4.78 is 5.71. The average Bonchev–Trinajstić information content (AvgIpc) is 3.01. The molecule has 3 fully saturated rings. The number of nitrogens with one attached hydrogen (secondary N) is 1. The average molecular weight is 224 g/mol. The standard InChI is InChI=1S/C12H20N2O2/c15-12(8-13-9-4-5-9)14-6-7-16-11-3-1-2-10(11)14/h9-11,13H,1-8H2. The van der Waals surface area contributed by atoms with Crippen molar-refractivity contribution in [1.29, 1.82) is 0 Å². The second-order valence-corrected chi connectivity index (χ2v) is 5.15. The van der Waals surface area contributed by atoms with E-state index >= 15 is 0 Å². The first kappa shape index (κ1) is 10.5. The van der Waals surface area contributed by atoms with Crippen molar-refractivity contribution in [2.24, 2.45) is 0 Å². The predicted molar refractivity (Wildman–Crippen MR) is 60.1 cm³/mol. The fraction of sp³-hybridized carbons (Fsp3) is 0.917. The Kier molecular flexibility index (Phi) is 2.86. The maximum Gasteiger partial charge on any atom is 0.236 e. The maximum atomic E-state index is 12.1. The van der Waals surface area contributed by atoms with Crippen LogP contribution in [-0.2, 0) is 9.53 Å². The molecule has 16 heavy (non-hydrogen) atoms. The van der Waals surface area contributed by atoms with Gasteiger partial charge >= 0.3 is 0 Å². The summed E-state index contributed by atoms with van der Waals surface area (Å²) in [6, 6.07) is 0.978. The number of carbonyl (C=O) groups excluding carboxylic acids is 1. The van der Waals surface area contributed by atoms with Crippen LogP contribution >= 0.6 is 0 Å². The molecular weight excluding hydrogens is 204 g/mol. The Morgan fingerprint density at radius 3 is 3.00 bits per heavy atom. The lowest BCUT2D eigenvalue weighted by Gasteiger charge is -2.37. The Labute approximate surface area is 96.3 Å². The van der Waals surface area contributed by atoms with Crippen LogP contribution in [0.15, 0.2) is 0 Å². The smallest absolute Gasteiger partial charge is 0.236 e. The molecular formula is C12H20N2O2. The lowest BCUT2D eigenvalue weighted by Crippen LogP contribution is -2.53. The van der Waals surface area contributed by atoms with Gasteiger partial charge in [-0.15, -0.1) is 0 Å². The van der Waals surface area contributed by atoms with Crippen LogP contribution in [0.1, 0.15) is 32.1 Å². The number of nitrogens with zero attached hydrogens (tertiary/aromatic N) is 1. The van der Waals surface area contributed by atoms with Gasteiger partial charge in [-0.1, -0.05) is 0 Å². The van der Waals surface area contributed by atoms with Crippen molar-refractivity contribution in [2.45, 2.75) is 50.3 Å². The second-order valence-electron chi connectivity index (χ2n) is 5.15. The Morgan fingerprint density at radius 2 is 2.19 bits per heavy atom. The van der Waals surface area contributed by atoms with Gasteiger partial charge in [0.25, 0.3) is 0 Å². The van der Waals surface area contributed by atoms with Crippen LogP contribution < -0.4 is 5.32 Å². The lowest BCUT2D eigenvalue weighted by atomic mass is 10.1. The minimum Gasteiger partial charge on any atom is -0.374 e. The zero-order valence-electron chi connectivity index (χ0n) is 9.65. The number of hydrogen-bond donors (Lipinski definition) is 1. The van der Waals surface area contributed by atoms with E-state index in [9.17, 15) is 4.79 Å². The van der Waals surface area contributed by atoms with Crippen LogP contribution in [0.5, 0.6) is 0 Å². The van der Waals surface area contributed by atoms with E-state index in [4.69, 9.17) is 4.74 Å². The first-order valence-corrected chi connectivity index (χ1v) is 6.49. The Balaban J connectivity index is 1.56. The van der Waals surface area contributed by atoms with Crippen molar-refractivity contribution in [2.75, 3.05) is 19.7 Å². The molecule has 0 radical (unpaired) electrons. The summed E-state index contributed by atoms with van der Waals surface area (Å²) in [7, 11) is 0. The molecule has 2 unspecified atom stereocenters. The van der Waals surface area contributed by atoms with E-state index in [1.165, 1.54) is 19.3 Å². The van der Waals surface area contributed by atoms with Crippen LogP contribution in [-0.4, -0.2) is 48.7 Å². The SMILES string of the molecule is O=C(CNC1CC1)N1CCOC2CCCC21. The first-order valence-electron chi connectivity index (χ1n) is 6.49. The van der Waals surface area contributed by atoms with E-state index < -0.39 is 0 Å². The minimum absolute atomic E-state index is 0.270. The fourth-order valence-electron chi connectivity index (χ4n) is 2.86. The molecule has 0 aromatic carbocycles. The molecule has 3 rings (SSSR count). The summed E-state index contributed by atoms with van der Waals surface area (Å²) in [5.74, 6) is 0.270. The summed E-state index contributed by atoms with van der Waals surface area (Å²) in [4.78, 5) is 14.1. The summed E-state index contributed by atoms with van der Waals surface area (Å²) in [5, 5.41) is 3.30. The Morgan fingerprint density at radius 1 is 1.31 bits per heavy atom. The highest BCUT2D eigenvalue weighted by Crippen LogP contribution is 2.29. The topological polar surface area (TPSA) is 41.6 Å². The molecule has 0 spiro atoms. The maximum absolute atomic E-state index is 12.1. The zero-order chi connectivity index (χ0) is 11.0. The van der Waals surface area contributed by atoms with Gasteiger partial charge in [-0.25, -0.2) is 0 Å². The van der Waals surface area contributed by atoms with Crippen molar-refractivity contribution >= 4 is 5.91 Å². The molecule has 1 aliphatic heterocycles. The van der Waals surface area contributed by atoms with Gasteiger partial charge in [-0.2, -0.15) is 0 Å². The summed E-state index contributed by atoms with van der Waals surface area (Å²) in [6.07, 6.45) is 6.25. The van der Waals surface area contributed by atoms with Gasteiger partial charge in [-0.05, 0) is 32.1 Å². The van der Waals surface area contributed by atoms with Gasteiger partial charge in [0.05, 0.1) is 25.3 Å². The summed E-state index contributed by atoms with van der Waals surface area (Å²) >= 11 is 0. The molecule has 1 amide bonds. The molecule has 1 heterocycles. The van der Waals surface area contributed by atoms with Crippen molar-refractivity contribution in [3.8, 4) is 0 Å². The number of carbonyl (C=O) groups is 1. The van der Waals surface area contributed by atoms with Crippen LogP contribution in [0, 0.1) is 0 Å². The Bertz CT molecular complexity index is 278. The lowest BCUT2D eigenvalue weighted by molar-refractivity contribution is -0.143. The van der Waals surface area contributed by atoms with Crippen LogP contribution in [0.25, 0.3) is 0 Å². The molecule has 1 N–H and O–H groups in total. The van der Waals surface area contributed by atoms with Gasteiger partial charge in [0.1, 0.15) is 0 Å². The van der Waals surface area contributed by atoms with E-state index in [1.54, 1.807) is 0 Å². The van der Waals surface area contributed by atoms with Crippen molar-refractivity contribution in [3.05, 3.63) is 0 Å². The van der Waals surface area contributed by atoms with Crippen molar-refractivity contribution in [1.82, 2.24) is 10.2 Å². The zero-order valence-corrected chi connectivity index (χ0v) is 9.65. The first-order chi connectivity index (χ1) is 7.84. The van der Waals surface area contributed by atoms with E-state index in [0.717, 1.165) is 26.0 Å². The minimum atomic E-state index is 0.270. The summed E-state index contributed by atoms with van der Waals surface area (Å²) in [6.45, 7) is 2.02. The second kappa shape index (κ2) is 4.34. The molecule has 4 nitrogen and oxygen atoms in total. The van der Waals surface area contributed by atoms with Crippen LogP contribution in [0.3, 0.4) is 0 Å². The third-order valence-corrected chi connectivity index (χ3v) is 3.92. The van der Waals surface area contributed by atoms with Crippen LogP contribution in [0.2, 0.25) is 0 Å². The Hall–Kier alpha value is -0.610. The molecule has 3 aliphatic rings. The van der Waals surface area contributed by atoms with Crippen molar-refractivity contribution in [3.63, 3.8) is 0 Å². The monoisotopic (exact) mass is 224 g/mol. The number of hydrogen-bond acceptors (Lipinski definition) is 3. The molecule has 2 saturated carbocycles. The fourth-order valence-corrected chi connectivity index (χ4v) is 2.86. The van der Waals surface area contributed by atoms with E-state index in [-0.39, 0.29) is 5.91 Å². The molecule has 2 atom stereocenters. The molecule has 0 aromatic rings. The van der Waals surface area contributed by atoms with Gasteiger partial charge < -0.3 is 15.0 Å². The van der Waals surface area contributed by atoms with Gasteiger partial charge in [0, 0.05) is 12.6 Å². The van der Waals surface area contributed by atoms with Crippen LogP contribution in [0.4, 0.5) is 0 Å². The quantitative estimate of drug-likeness (QED) is 0.760. The van der Waals surface area contributed by atoms with Crippen molar-refractivity contribution < 1.29 is 9.53 Å². The number of amides is 1. The molecule has 0 bridgehead atoms. The highest BCUT2D eigenvalue weighted by atomic mass is 16.5. The number of morpholine rings is 1. The molecule has 1 saturated heterocycles. The largest absolute Gasteiger partial charge is 0.374 e. The number of fused-ring (bicyclic) bond motifs is 1.